The highest BCUT2D eigenvalue weighted by Crippen LogP contribution is 2.25. The first-order valence-corrected chi connectivity index (χ1v) is 12.2. The van der Waals surface area contributed by atoms with E-state index in [0.29, 0.717) is 17.1 Å². The molecule has 0 saturated carbocycles. The van der Waals surface area contributed by atoms with Gasteiger partial charge >= 0.3 is 0 Å². The van der Waals surface area contributed by atoms with Crippen LogP contribution in [0.5, 0.6) is 0 Å². The van der Waals surface area contributed by atoms with Crippen molar-refractivity contribution in [3.05, 3.63) is 64.4 Å². The zero-order valence-corrected chi connectivity index (χ0v) is 19.6. The molecule has 1 atom stereocenters. The van der Waals surface area contributed by atoms with Gasteiger partial charge in [0.25, 0.3) is 0 Å². The van der Waals surface area contributed by atoms with Gasteiger partial charge in [0.15, 0.2) is 0 Å². The summed E-state index contributed by atoms with van der Waals surface area (Å²) < 4.78 is 14.1. The molecular formula is C26H33ClFN3O. The average molecular weight is 458 g/mol. The van der Waals surface area contributed by atoms with Crippen molar-refractivity contribution in [2.75, 3.05) is 31.1 Å². The summed E-state index contributed by atoms with van der Waals surface area (Å²) >= 11 is 5.84. The SMILES string of the molecule is C[C@H](NC(=O)C1CCN(Cc2ccc(Cl)cc2F)CC1)c1ccc(N2CCCCC2)cc1. The third-order valence-electron chi connectivity index (χ3n) is 6.84. The van der Waals surface area contributed by atoms with Crippen molar-refractivity contribution in [3.8, 4) is 0 Å². The van der Waals surface area contributed by atoms with Crippen LogP contribution in [0.4, 0.5) is 10.1 Å². The van der Waals surface area contributed by atoms with Gasteiger partial charge in [-0.1, -0.05) is 29.8 Å². The second-order valence-electron chi connectivity index (χ2n) is 9.16. The number of piperidine rings is 2. The minimum absolute atomic E-state index is 0.0105. The normalized spacial score (nSPS) is 19.0. The highest BCUT2D eigenvalue weighted by atomic mass is 35.5. The van der Waals surface area contributed by atoms with E-state index in [9.17, 15) is 9.18 Å². The van der Waals surface area contributed by atoms with Crippen LogP contribution < -0.4 is 10.2 Å². The Morgan fingerprint density at radius 1 is 1.06 bits per heavy atom. The molecule has 1 amide bonds. The second kappa shape index (κ2) is 10.7. The Balaban J connectivity index is 1.25. The second-order valence-corrected chi connectivity index (χ2v) is 9.59. The van der Waals surface area contributed by atoms with Crippen molar-refractivity contribution in [2.45, 2.75) is 51.6 Å². The van der Waals surface area contributed by atoms with E-state index in [-0.39, 0.29) is 23.7 Å². The lowest BCUT2D eigenvalue weighted by atomic mass is 9.94. The average Bonchev–Trinajstić information content (AvgIpc) is 2.82. The zero-order valence-electron chi connectivity index (χ0n) is 18.8. The first-order chi connectivity index (χ1) is 15.5. The summed E-state index contributed by atoms with van der Waals surface area (Å²) in [5, 5.41) is 3.61. The van der Waals surface area contributed by atoms with E-state index in [0.717, 1.165) is 44.6 Å². The number of anilines is 1. The molecule has 172 valence electrons. The molecule has 0 unspecified atom stereocenters. The van der Waals surface area contributed by atoms with Crippen LogP contribution in [-0.4, -0.2) is 37.0 Å². The number of nitrogens with zero attached hydrogens (tertiary/aromatic N) is 2. The van der Waals surface area contributed by atoms with Crippen LogP contribution in [0.2, 0.25) is 5.02 Å². The van der Waals surface area contributed by atoms with Crippen molar-refractivity contribution in [1.29, 1.82) is 0 Å². The van der Waals surface area contributed by atoms with Gasteiger partial charge in [0, 0.05) is 41.8 Å². The smallest absolute Gasteiger partial charge is 0.223 e. The fraction of sp³-hybridized carbons (Fsp3) is 0.500. The van der Waals surface area contributed by atoms with Gasteiger partial charge in [0.1, 0.15) is 5.82 Å². The van der Waals surface area contributed by atoms with Crippen molar-refractivity contribution >= 4 is 23.2 Å². The van der Waals surface area contributed by atoms with Crippen LogP contribution in [0.3, 0.4) is 0 Å². The van der Waals surface area contributed by atoms with Gasteiger partial charge in [0.2, 0.25) is 5.91 Å². The third kappa shape index (κ3) is 5.81. The summed E-state index contributed by atoms with van der Waals surface area (Å²) in [6.07, 6.45) is 5.45. The summed E-state index contributed by atoms with van der Waals surface area (Å²) in [5.41, 5.74) is 3.06. The molecule has 4 rings (SSSR count). The van der Waals surface area contributed by atoms with Gasteiger partial charge in [-0.3, -0.25) is 9.69 Å². The van der Waals surface area contributed by atoms with E-state index in [1.54, 1.807) is 12.1 Å². The van der Waals surface area contributed by atoms with Gasteiger partial charge in [-0.25, -0.2) is 4.39 Å². The van der Waals surface area contributed by atoms with Crippen LogP contribution in [-0.2, 0) is 11.3 Å². The van der Waals surface area contributed by atoms with Crippen molar-refractivity contribution in [1.82, 2.24) is 10.2 Å². The molecule has 32 heavy (non-hydrogen) atoms. The standard InChI is InChI=1S/C26H33ClFN3O/c1-19(20-6-9-24(10-7-20)31-13-3-2-4-14-31)29-26(32)21-11-15-30(16-12-21)18-22-5-8-23(27)17-25(22)28/h5-10,17,19,21H,2-4,11-16,18H2,1H3,(H,29,32)/t19-/m0/s1. The van der Waals surface area contributed by atoms with E-state index >= 15 is 0 Å². The Kier molecular flexibility index (Phi) is 7.69. The lowest BCUT2D eigenvalue weighted by Crippen LogP contribution is -2.41. The topological polar surface area (TPSA) is 35.6 Å². The zero-order chi connectivity index (χ0) is 22.5. The summed E-state index contributed by atoms with van der Waals surface area (Å²) in [7, 11) is 0. The minimum atomic E-state index is -0.266. The lowest BCUT2D eigenvalue weighted by Gasteiger charge is -2.32. The summed E-state index contributed by atoms with van der Waals surface area (Å²) in [5.74, 6) is -0.135. The molecular weight excluding hydrogens is 425 g/mol. The van der Waals surface area contributed by atoms with Crippen LogP contribution >= 0.6 is 11.6 Å². The largest absolute Gasteiger partial charge is 0.372 e. The molecule has 4 nitrogen and oxygen atoms in total. The maximum atomic E-state index is 14.1. The maximum Gasteiger partial charge on any atom is 0.223 e. The Labute approximate surface area is 195 Å². The van der Waals surface area contributed by atoms with Crippen molar-refractivity contribution in [2.24, 2.45) is 5.92 Å². The first-order valence-electron chi connectivity index (χ1n) is 11.8. The molecule has 0 radical (unpaired) electrons. The van der Waals surface area contributed by atoms with Crippen LogP contribution in [0.15, 0.2) is 42.5 Å². The molecule has 1 N–H and O–H groups in total. The molecule has 2 fully saturated rings. The Hall–Kier alpha value is -2.11. The molecule has 2 aliphatic heterocycles. The highest BCUT2D eigenvalue weighted by molar-refractivity contribution is 6.30. The fourth-order valence-electron chi connectivity index (χ4n) is 4.78. The molecule has 2 heterocycles. The Bertz CT molecular complexity index is 906. The van der Waals surface area contributed by atoms with E-state index < -0.39 is 0 Å². The molecule has 2 aliphatic rings. The predicted octanol–water partition coefficient (Wildman–Crippen LogP) is 5.56. The third-order valence-corrected chi connectivity index (χ3v) is 7.08. The number of nitrogens with one attached hydrogen (secondary N) is 1. The lowest BCUT2D eigenvalue weighted by molar-refractivity contribution is -0.127. The monoisotopic (exact) mass is 457 g/mol. The van der Waals surface area contributed by atoms with Crippen molar-refractivity contribution in [3.63, 3.8) is 0 Å². The number of carbonyl (C=O) groups excluding carboxylic acids is 1. The number of halogens is 2. The van der Waals surface area contributed by atoms with E-state index in [2.05, 4.69) is 39.4 Å². The Morgan fingerprint density at radius 3 is 2.41 bits per heavy atom. The molecule has 2 aromatic carbocycles. The molecule has 0 spiro atoms. The number of likely N-dealkylation sites (tertiary alicyclic amines) is 1. The van der Waals surface area contributed by atoms with Gasteiger partial charge in [0.05, 0.1) is 6.04 Å². The molecule has 2 aromatic rings. The first kappa shape index (κ1) is 23.1. The molecule has 0 aromatic heterocycles. The van der Waals surface area contributed by atoms with Gasteiger partial charge in [-0.2, -0.15) is 0 Å². The molecule has 2 saturated heterocycles. The summed E-state index contributed by atoms with van der Waals surface area (Å²) in [6, 6.07) is 13.4. The molecule has 0 bridgehead atoms. The van der Waals surface area contributed by atoms with Crippen molar-refractivity contribution < 1.29 is 9.18 Å². The number of carbonyl (C=O) groups is 1. The Morgan fingerprint density at radius 2 is 1.75 bits per heavy atom. The number of hydrogen-bond acceptors (Lipinski definition) is 3. The van der Waals surface area contributed by atoms with E-state index in [1.807, 2.05) is 6.92 Å². The van der Waals surface area contributed by atoms with E-state index in [4.69, 9.17) is 11.6 Å². The summed E-state index contributed by atoms with van der Waals surface area (Å²) in [4.78, 5) is 17.5. The number of amides is 1. The number of benzene rings is 2. The van der Waals surface area contributed by atoms with Crippen LogP contribution in [0, 0.1) is 11.7 Å². The van der Waals surface area contributed by atoms with E-state index in [1.165, 1.54) is 31.0 Å². The predicted molar refractivity (Wildman–Crippen MR) is 128 cm³/mol. The summed E-state index contributed by atoms with van der Waals surface area (Å²) in [6.45, 7) is 6.45. The molecule has 6 heteroatoms. The maximum absolute atomic E-state index is 14.1. The van der Waals surface area contributed by atoms with Gasteiger partial charge in [-0.15, -0.1) is 0 Å². The fourth-order valence-corrected chi connectivity index (χ4v) is 4.94. The van der Waals surface area contributed by atoms with Gasteiger partial charge in [-0.05, 0) is 81.9 Å². The highest BCUT2D eigenvalue weighted by Gasteiger charge is 2.26. The minimum Gasteiger partial charge on any atom is -0.372 e. The van der Waals surface area contributed by atoms with Gasteiger partial charge < -0.3 is 10.2 Å². The number of rotatable bonds is 6. The molecule has 0 aliphatic carbocycles. The quantitative estimate of drug-likeness (QED) is 0.616. The van der Waals surface area contributed by atoms with Crippen LogP contribution in [0.25, 0.3) is 0 Å². The number of hydrogen-bond donors (Lipinski definition) is 1. The van der Waals surface area contributed by atoms with Crippen LogP contribution in [0.1, 0.15) is 56.2 Å².